The molecule has 0 spiro atoms. The minimum atomic E-state index is -0.432. The molecule has 2 aromatic heterocycles. The number of nitrogen functional groups attached to an aromatic ring is 1. The molecular weight excluding hydrogens is 234 g/mol. The van der Waals surface area contributed by atoms with Crippen LogP contribution >= 0.6 is 0 Å². The van der Waals surface area contributed by atoms with Crippen LogP contribution in [0.1, 0.15) is 5.82 Å². The zero-order valence-electron chi connectivity index (χ0n) is 9.70. The Balaban J connectivity index is 2.17. The number of aromatic nitrogens is 4. The predicted molar refractivity (Wildman–Crippen MR) is 65.0 cm³/mol. The Morgan fingerprint density at radius 3 is 3.00 bits per heavy atom. The van der Waals surface area contributed by atoms with Gasteiger partial charge in [0.2, 0.25) is 0 Å². The Kier molecular flexibility index (Phi) is 2.19. The molecule has 18 heavy (non-hydrogen) atoms. The lowest BCUT2D eigenvalue weighted by molar-refractivity contribution is 0.509. The molecule has 7 heteroatoms. The van der Waals surface area contributed by atoms with Crippen LogP contribution in [-0.2, 0) is 13.6 Å². The minimum absolute atomic E-state index is 0.297. The quantitative estimate of drug-likeness (QED) is 0.658. The maximum Gasteiger partial charge on any atom is 0.420 e. The van der Waals surface area contributed by atoms with E-state index in [2.05, 4.69) is 10.1 Å². The number of benzene rings is 1. The van der Waals surface area contributed by atoms with Crippen molar-refractivity contribution in [3.8, 4) is 0 Å². The molecule has 0 radical (unpaired) electrons. The molecule has 1 aromatic carbocycles. The Morgan fingerprint density at radius 2 is 2.28 bits per heavy atom. The Hall–Kier alpha value is -2.57. The van der Waals surface area contributed by atoms with Gasteiger partial charge in [0.25, 0.3) is 0 Å². The molecule has 0 aliphatic heterocycles. The van der Waals surface area contributed by atoms with Gasteiger partial charge < -0.3 is 10.2 Å². The molecule has 92 valence electrons. The smallest absolute Gasteiger partial charge is 0.408 e. The van der Waals surface area contributed by atoms with E-state index in [1.54, 1.807) is 29.9 Å². The van der Waals surface area contributed by atoms with Crippen molar-refractivity contribution in [2.75, 3.05) is 5.73 Å². The molecule has 0 aliphatic carbocycles. The topological polar surface area (TPSA) is 91.9 Å². The van der Waals surface area contributed by atoms with Gasteiger partial charge in [-0.05, 0) is 18.2 Å². The second-order valence-electron chi connectivity index (χ2n) is 3.98. The van der Waals surface area contributed by atoms with Crippen LogP contribution in [-0.4, -0.2) is 19.3 Å². The van der Waals surface area contributed by atoms with Crippen LogP contribution < -0.4 is 11.5 Å². The highest BCUT2D eigenvalue weighted by atomic mass is 16.4. The lowest BCUT2D eigenvalue weighted by atomic mass is 10.3. The number of aryl methyl sites for hydroxylation is 1. The van der Waals surface area contributed by atoms with Crippen molar-refractivity contribution >= 4 is 16.8 Å². The summed E-state index contributed by atoms with van der Waals surface area (Å²) in [5.74, 6) is 0.237. The molecule has 0 bridgehead atoms. The van der Waals surface area contributed by atoms with E-state index in [1.807, 2.05) is 0 Å². The van der Waals surface area contributed by atoms with Gasteiger partial charge in [0.15, 0.2) is 5.58 Å². The van der Waals surface area contributed by atoms with E-state index >= 15 is 0 Å². The van der Waals surface area contributed by atoms with Crippen molar-refractivity contribution in [2.45, 2.75) is 6.54 Å². The fourth-order valence-electron chi connectivity index (χ4n) is 1.83. The number of fused-ring (bicyclic) bond motifs is 1. The average molecular weight is 245 g/mol. The van der Waals surface area contributed by atoms with E-state index in [1.165, 1.54) is 10.9 Å². The monoisotopic (exact) mass is 245 g/mol. The molecule has 3 aromatic rings. The number of hydrogen-bond acceptors (Lipinski definition) is 5. The summed E-state index contributed by atoms with van der Waals surface area (Å²) in [5.41, 5.74) is 7.46. The Morgan fingerprint density at radius 1 is 1.44 bits per heavy atom. The van der Waals surface area contributed by atoms with Crippen molar-refractivity contribution in [1.82, 2.24) is 19.3 Å². The van der Waals surface area contributed by atoms with Gasteiger partial charge in [-0.15, -0.1) is 0 Å². The molecular formula is C11H11N5O2. The van der Waals surface area contributed by atoms with Crippen molar-refractivity contribution < 1.29 is 4.42 Å². The SMILES string of the molecule is Cn1ncnc1Cn1c(=O)oc2ccc(N)cc21. The third-order valence-electron chi connectivity index (χ3n) is 2.80. The van der Waals surface area contributed by atoms with Crippen molar-refractivity contribution in [3.05, 3.63) is 40.9 Å². The first-order valence-electron chi connectivity index (χ1n) is 5.37. The number of nitrogens with zero attached hydrogens (tertiary/aromatic N) is 4. The molecule has 2 heterocycles. The van der Waals surface area contributed by atoms with E-state index in [4.69, 9.17) is 10.2 Å². The molecule has 0 saturated carbocycles. The molecule has 3 rings (SSSR count). The zero-order chi connectivity index (χ0) is 12.7. The third kappa shape index (κ3) is 1.56. The van der Waals surface area contributed by atoms with Gasteiger partial charge in [0, 0.05) is 12.7 Å². The highest BCUT2D eigenvalue weighted by molar-refractivity contribution is 5.77. The molecule has 2 N–H and O–H groups in total. The summed E-state index contributed by atoms with van der Waals surface area (Å²) < 4.78 is 8.23. The largest absolute Gasteiger partial charge is 0.420 e. The third-order valence-corrected chi connectivity index (χ3v) is 2.80. The van der Waals surface area contributed by atoms with Crippen molar-refractivity contribution in [3.63, 3.8) is 0 Å². The van der Waals surface area contributed by atoms with Gasteiger partial charge in [-0.3, -0.25) is 9.25 Å². The van der Waals surface area contributed by atoms with Crippen LogP contribution in [0.15, 0.2) is 33.7 Å². The van der Waals surface area contributed by atoms with Gasteiger partial charge in [-0.1, -0.05) is 0 Å². The normalized spacial score (nSPS) is 11.2. The second-order valence-corrected chi connectivity index (χ2v) is 3.98. The molecule has 0 saturated heterocycles. The Labute approximate surface area is 101 Å². The fraction of sp³-hybridized carbons (Fsp3) is 0.182. The number of hydrogen-bond donors (Lipinski definition) is 1. The molecule has 0 unspecified atom stereocenters. The predicted octanol–water partition coefficient (Wildman–Crippen LogP) is 0.354. The van der Waals surface area contributed by atoms with Crippen LogP contribution in [0.2, 0.25) is 0 Å². The second kappa shape index (κ2) is 3.73. The Bertz CT molecular complexity index is 767. The summed E-state index contributed by atoms with van der Waals surface area (Å²) in [4.78, 5) is 15.9. The summed E-state index contributed by atoms with van der Waals surface area (Å²) in [5, 5.41) is 3.96. The van der Waals surface area contributed by atoms with Gasteiger partial charge in [0.1, 0.15) is 12.2 Å². The summed E-state index contributed by atoms with van der Waals surface area (Å²) in [6, 6.07) is 5.08. The maximum absolute atomic E-state index is 11.8. The number of nitrogens with two attached hydrogens (primary N) is 1. The lowest BCUT2D eigenvalue weighted by Crippen LogP contribution is -2.17. The highest BCUT2D eigenvalue weighted by Crippen LogP contribution is 2.16. The minimum Gasteiger partial charge on any atom is -0.408 e. The highest BCUT2D eigenvalue weighted by Gasteiger charge is 2.12. The molecule has 0 fully saturated rings. The first kappa shape index (κ1) is 10.6. The van der Waals surface area contributed by atoms with E-state index in [0.717, 1.165) is 0 Å². The first-order chi connectivity index (χ1) is 8.65. The summed E-state index contributed by atoms with van der Waals surface area (Å²) in [6.07, 6.45) is 1.44. The average Bonchev–Trinajstić information content (AvgIpc) is 2.86. The van der Waals surface area contributed by atoms with Crippen LogP contribution in [0, 0.1) is 0 Å². The van der Waals surface area contributed by atoms with E-state index in [-0.39, 0.29) is 0 Å². The molecule has 0 aliphatic rings. The van der Waals surface area contributed by atoms with Gasteiger partial charge >= 0.3 is 5.76 Å². The van der Waals surface area contributed by atoms with Gasteiger partial charge in [-0.25, -0.2) is 9.78 Å². The van der Waals surface area contributed by atoms with Crippen LogP contribution in [0.5, 0.6) is 0 Å². The standard InChI is InChI=1S/C11H11N5O2/c1-15-10(13-6-14-15)5-16-8-4-7(12)2-3-9(8)18-11(16)17/h2-4,6H,5,12H2,1H3. The number of rotatable bonds is 2. The summed E-state index contributed by atoms with van der Waals surface area (Å²) >= 11 is 0. The zero-order valence-corrected chi connectivity index (χ0v) is 9.70. The van der Waals surface area contributed by atoms with Crippen molar-refractivity contribution in [1.29, 1.82) is 0 Å². The van der Waals surface area contributed by atoms with Gasteiger partial charge in [0.05, 0.1) is 12.1 Å². The van der Waals surface area contributed by atoms with Crippen molar-refractivity contribution in [2.24, 2.45) is 7.05 Å². The lowest BCUT2D eigenvalue weighted by Gasteiger charge is -2.01. The number of oxazole rings is 1. The molecule has 0 atom stereocenters. The van der Waals surface area contributed by atoms with Crippen LogP contribution in [0.4, 0.5) is 5.69 Å². The van der Waals surface area contributed by atoms with E-state index in [9.17, 15) is 4.79 Å². The van der Waals surface area contributed by atoms with E-state index < -0.39 is 5.76 Å². The van der Waals surface area contributed by atoms with Crippen LogP contribution in [0.3, 0.4) is 0 Å². The maximum atomic E-state index is 11.8. The van der Waals surface area contributed by atoms with Gasteiger partial charge in [-0.2, -0.15) is 5.10 Å². The summed E-state index contributed by atoms with van der Waals surface area (Å²) in [7, 11) is 1.77. The first-order valence-corrected chi connectivity index (χ1v) is 5.37. The summed E-state index contributed by atoms with van der Waals surface area (Å²) in [6.45, 7) is 0.297. The van der Waals surface area contributed by atoms with Crippen LogP contribution in [0.25, 0.3) is 11.1 Å². The molecule has 7 nitrogen and oxygen atoms in total. The number of anilines is 1. The van der Waals surface area contributed by atoms with E-state index in [0.29, 0.717) is 29.2 Å². The molecule has 0 amide bonds. The fourth-order valence-corrected chi connectivity index (χ4v) is 1.83.